The first kappa shape index (κ1) is 7.32. The van der Waals surface area contributed by atoms with E-state index in [1.165, 1.54) is 0 Å². The first-order chi connectivity index (χ1) is 6.86. The molecule has 0 aliphatic rings. The van der Waals surface area contributed by atoms with Crippen molar-refractivity contribution in [2.75, 3.05) is 0 Å². The lowest BCUT2D eigenvalue weighted by Gasteiger charge is -1.91. The van der Waals surface area contributed by atoms with Crippen molar-refractivity contribution < 1.29 is 0 Å². The maximum absolute atomic E-state index is 11.4. The van der Waals surface area contributed by atoms with Crippen molar-refractivity contribution >= 4 is 16.7 Å². The number of aromatic amines is 1. The van der Waals surface area contributed by atoms with Gasteiger partial charge in [0.15, 0.2) is 0 Å². The Bertz CT molecular complexity index is 665. The Kier molecular flexibility index (Phi) is 1.28. The second kappa shape index (κ2) is 2.45. The summed E-state index contributed by atoms with van der Waals surface area (Å²) in [5.41, 5.74) is 2.07. The van der Waals surface area contributed by atoms with Gasteiger partial charge in [-0.15, -0.1) is 0 Å². The number of nitrogens with one attached hydrogen (secondary N) is 1. The molecule has 0 aliphatic heterocycles. The van der Waals surface area contributed by atoms with Crippen LogP contribution in [0.4, 0.5) is 0 Å². The molecule has 2 aromatic heterocycles. The van der Waals surface area contributed by atoms with Gasteiger partial charge >= 0.3 is 0 Å². The number of hydrogen-bond acceptors (Lipinski definition) is 2. The Morgan fingerprint density at radius 2 is 2.14 bits per heavy atom. The quantitative estimate of drug-likeness (QED) is 0.571. The number of aromatic nitrogens is 3. The zero-order valence-corrected chi connectivity index (χ0v) is 7.27. The second-order valence-electron chi connectivity index (χ2n) is 3.08. The monoisotopic (exact) mass is 185 g/mol. The predicted molar refractivity (Wildman–Crippen MR) is 53.3 cm³/mol. The summed E-state index contributed by atoms with van der Waals surface area (Å²) in [5, 5.41) is 0. The van der Waals surface area contributed by atoms with Crippen molar-refractivity contribution in [2.45, 2.75) is 0 Å². The maximum Gasteiger partial charge on any atom is 0.291 e. The van der Waals surface area contributed by atoms with E-state index in [4.69, 9.17) is 0 Å². The molecule has 4 nitrogen and oxygen atoms in total. The molecule has 0 radical (unpaired) electrons. The second-order valence-corrected chi connectivity index (χ2v) is 3.08. The number of H-pyrrole nitrogens is 1. The maximum atomic E-state index is 11.4. The molecule has 0 unspecified atom stereocenters. The summed E-state index contributed by atoms with van der Waals surface area (Å²) in [7, 11) is 0. The molecule has 2 heterocycles. The third-order valence-corrected chi connectivity index (χ3v) is 2.24. The van der Waals surface area contributed by atoms with Crippen molar-refractivity contribution in [3.63, 3.8) is 0 Å². The molecule has 4 heteroatoms. The van der Waals surface area contributed by atoms with E-state index in [0.29, 0.717) is 5.65 Å². The minimum Gasteiger partial charge on any atom is -0.324 e. The van der Waals surface area contributed by atoms with E-state index in [2.05, 4.69) is 9.97 Å². The summed E-state index contributed by atoms with van der Waals surface area (Å²) in [6.07, 6.45) is 3.41. The van der Waals surface area contributed by atoms with E-state index in [1.807, 2.05) is 24.3 Å². The first-order valence-corrected chi connectivity index (χ1v) is 4.31. The minimum atomic E-state index is -0.163. The average molecular weight is 185 g/mol. The molecule has 0 amide bonds. The molecular weight excluding hydrogens is 178 g/mol. The van der Waals surface area contributed by atoms with E-state index in [9.17, 15) is 4.79 Å². The summed E-state index contributed by atoms with van der Waals surface area (Å²) in [6, 6.07) is 7.66. The van der Waals surface area contributed by atoms with E-state index in [0.717, 1.165) is 11.0 Å². The molecule has 0 spiro atoms. The van der Waals surface area contributed by atoms with Gasteiger partial charge in [0.05, 0.1) is 11.0 Å². The van der Waals surface area contributed by atoms with Crippen molar-refractivity contribution in [3.8, 4) is 0 Å². The summed E-state index contributed by atoms with van der Waals surface area (Å²) < 4.78 is 1.79. The number of para-hydroxylation sites is 2. The molecule has 0 saturated heterocycles. The standard InChI is InChI=1S/C10H7N3O/c14-10-9-12-7-3-1-2-4-8(7)13(9)6-5-11-10/h1-6H,(H,11,14). The molecule has 0 atom stereocenters. The van der Waals surface area contributed by atoms with Gasteiger partial charge in [0.2, 0.25) is 5.65 Å². The van der Waals surface area contributed by atoms with E-state index >= 15 is 0 Å². The lowest BCUT2D eigenvalue weighted by Crippen LogP contribution is -2.08. The molecule has 68 valence electrons. The Labute approximate surface area is 78.8 Å². The molecule has 3 aromatic rings. The Hall–Kier alpha value is -2.10. The molecule has 0 aliphatic carbocycles. The lowest BCUT2D eigenvalue weighted by atomic mass is 10.3. The van der Waals surface area contributed by atoms with Crippen LogP contribution in [0.1, 0.15) is 0 Å². The number of nitrogens with zero attached hydrogens (tertiary/aromatic N) is 2. The highest BCUT2D eigenvalue weighted by Crippen LogP contribution is 2.12. The molecule has 14 heavy (non-hydrogen) atoms. The smallest absolute Gasteiger partial charge is 0.291 e. The number of fused-ring (bicyclic) bond motifs is 3. The van der Waals surface area contributed by atoms with Crippen LogP contribution in [0, 0.1) is 0 Å². The highest BCUT2D eigenvalue weighted by Gasteiger charge is 2.04. The molecule has 0 bridgehead atoms. The van der Waals surface area contributed by atoms with Gasteiger partial charge in [0.1, 0.15) is 0 Å². The van der Waals surface area contributed by atoms with Gasteiger partial charge in [-0.3, -0.25) is 9.20 Å². The average Bonchev–Trinajstić information content (AvgIpc) is 2.59. The summed E-state index contributed by atoms with van der Waals surface area (Å²) in [5.74, 6) is 0. The zero-order chi connectivity index (χ0) is 9.54. The normalized spacial score (nSPS) is 11.1. The molecular formula is C10H7N3O. The van der Waals surface area contributed by atoms with Crippen LogP contribution in [0.15, 0.2) is 41.5 Å². The van der Waals surface area contributed by atoms with Crippen LogP contribution in [0.5, 0.6) is 0 Å². The van der Waals surface area contributed by atoms with Crippen LogP contribution >= 0.6 is 0 Å². The zero-order valence-electron chi connectivity index (χ0n) is 7.27. The van der Waals surface area contributed by atoms with Gasteiger partial charge in [-0.1, -0.05) is 12.1 Å². The van der Waals surface area contributed by atoms with Crippen LogP contribution < -0.4 is 5.56 Å². The van der Waals surface area contributed by atoms with E-state index in [-0.39, 0.29) is 5.56 Å². The van der Waals surface area contributed by atoms with Gasteiger partial charge in [0, 0.05) is 12.4 Å². The van der Waals surface area contributed by atoms with Gasteiger partial charge in [-0.2, -0.15) is 0 Å². The fourth-order valence-corrected chi connectivity index (χ4v) is 1.61. The number of benzene rings is 1. The van der Waals surface area contributed by atoms with Crippen LogP contribution in [0.25, 0.3) is 16.7 Å². The third-order valence-electron chi connectivity index (χ3n) is 2.24. The van der Waals surface area contributed by atoms with Gasteiger partial charge < -0.3 is 4.98 Å². The van der Waals surface area contributed by atoms with Crippen LogP contribution in [-0.2, 0) is 0 Å². The predicted octanol–water partition coefficient (Wildman–Crippen LogP) is 1.18. The largest absolute Gasteiger partial charge is 0.324 e. The Morgan fingerprint density at radius 1 is 1.29 bits per heavy atom. The van der Waals surface area contributed by atoms with Gasteiger partial charge in [-0.25, -0.2) is 4.98 Å². The van der Waals surface area contributed by atoms with Crippen molar-refractivity contribution in [1.82, 2.24) is 14.4 Å². The molecule has 1 N–H and O–H groups in total. The molecule has 0 fully saturated rings. The van der Waals surface area contributed by atoms with E-state index in [1.54, 1.807) is 16.8 Å². The van der Waals surface area contributed by atoms with E-state index < -0.39 is 0 Å². The molecule has 0 saturated carbocycles. The molecule has 3 rings (SSSR count). The minimum absolute atomic E-state index is 0.163. The number of hydrogen-bond donors (Lipinski definition) is 1. The van der Waals surface area contributed by atoms with Gasteiger partial charge in [0.25, 0.3) is 5.56 Å². The highest BCUT2D eigenvalue weighted by molar-refractivity contribution is 5.79. The number of imidazole rings is 1. The van der Waals surface area contributed by atoms with Crippen LogP contribution in [0.2, 0.25) is 0 Å². The third kappa shape index (κ3) is 0.821. The van der Waals surface area contributed by atoms with Crippen LogP contribution in [0.3, 0.4) is 0 Å². The summed E-state index contributed by atoms with van der Waals surface area (Å²) in [6.45, 7) is 0. The first-order valence-electron chi connectivity index (χ1n) is 4.31. The highest BCUT2D eigenvalue weighted by atomic mass is 16.1. The summed E-state index contributed by atoms with van der Waals surface area (Å²) >= 11 is 0. The molecule has 1 aromatic carbocycles. The van der Waals surface area contributed by atoms with Gasteiger partial charge in [-0.05, 0) is 12.1 Å². The van der Waals surface area contributed by atoms with Crippen molar-refractivity contribution in [3.05, 3.63) is 47.0 Å². The Morgan fingerprint density at radius 3 is 3.07 bits per heavy atom. The van der Waals surface area contributed by atoms with Crippen LogP contribution in [-0.4, -0.2) is 14.4 Å². The Balaban J connectivity index is 2.70. The lowest BCUT2D eigenvalue weighted by molar-refractivity contribution is 1.11. The fourth-order valence-electron chi connectivity index (χ4n) is 1.61. The SMILES string of the molecule is O=c1[nH]ccn2c1nc1ccccc12. The topological polar surface area (TPSA) is 50.2 Å². The van der Waals surface area contributed by atoms with Crippen molar-refractivity contribution in [1.29, 1.82) is 0 Å². The fraction of sp³-hybridized carbons (Fsp3) is 0. The number of rotatable bonds is 0. The summed E-state index contributed by atoms with van der Waals surface area (Å²) in [4.78, 5) is 18.2. The van der Waals surface area contributed by atoms with Crippen molar-refractivity contribution in [2.24, 2.45) is 0 Å².